The van der Waals surface area contributed by atoms with Crippen molar-refractivity contribution in [3.05, 3.63) is 46.3 Å². The van der Waals surface area contributed by atoms with Crippen LogP contribution < -0.4 is 0 Å². The van der Waals surface area contributed by atoms with Gasteiger partial charge in [0.15, 0.2) is 0 Å². The molecule has 3 saturated carbocycles. The molecule has 204 valence electrons. The number of hydrogen-bond acceptors (Lipinski definition) is 7. The number of allylic oxidation sites excluding steroid dienone is 1. The quantitative estimate of drug-likeness (QED) is 0.330. The fourth-order valence-electron chi connectivity index (χ4n) is 8.68. The van der Waals surface area contributed by atoms with Crippen molar-refractivity contribution in [1.82, 2.24) is 10.2 Å². The molecule has 8 atom stereocenters. The minimum absolute atomic E-state index is 0.146. The molecule has 1 aromatic carbocycles. The number of esters is 1. The first kappa shape index (κ1) is 26.2. The molecule has 0 spiro atoms. The van der Waals surface area contributed by atoms with E-state index in [2.05, 4.69) is 46.1 Å². The van der Waals surface area contributed by atoms with E-state index >= 15 is 0 Å². The third kappa shape index (κ3) is 3.93. The number of fused-ring (bicyclic) bond motifs is 5. The predicted octanol–water partition coefficient (Wildman–Crippen LogP) is 6.10. The molecule has 38 heavy (non-hydrogen) atoms. The number of aromatic nitrogens is 2. The van der Waals surface area contributed by atoms with E-state index in [0.29, 0.717) is 29.7 Å². The Hall–Kier alpha value is -2.03. The summed E-state index contributed by atoms with van der Waals surface area (Å²) in [4.78, 5) is 13.0. The second-order valence-corrected chi connectivity index (χ2v) is 13.5. The first-order chi connectivity index (χ1) is 18.0. The summed E-state index contributed by atoms with van der Waals surface area (Å²) in [6.45, 7) is 6.41. The highest BCUT2D eigenvalue weighted by atomic mass is 79.9. The highest BCUT2D eigenvalue weighted by Crippen LogP contribution is 2.67. The number of hydrogen-bond donors (Lipinski definition) is 2. The van der Waals surface area contributed by atoms with Gasteiger partial charge in [0.2, 0.25) is 5.89 Å². The van der Waals surface area contributed by atoms with Crippen LogP contribution in [0.4, 0.5) is 0 Å². The SMILES string of the molecule is C[C@H](OC(=O)c1nnc(-c2ccc(Br)cc2)o1)[C@@]1(O)CC[C@H]2[C@@H]3CC=C4C[C@@H](O)CC[C@]4(C)[C@H]3CC[C@@]21C. The average Bonchev–Trinajstić information content (AvgIpc) is 3.49. The monoisotopic (exact) mass is 584 g/mol. The fraction of sp³-hybridized carbons (Fsp3) is 0.633. The van der Waals surface area contributed by atoms with Crippen molar-refractivity contribution in [3.8, 4) is 11.5 Å². The number of carbonyl (C=O) groups excluding carboxylic acids is 1. The van der Waals surface area contributed by atoms with E-state index in [1.165, 1.54) is 5.57 Å². The molecule has 0 unspecified atom stereocenters. The van der Waals surface area contributed by atoms with Crippen molar-refractivity contribution < 1.29 is 24.2 Å². The lowest BCUT2D eigenvalue weighted by Crippen LogP contribution is -2.58. The minimum Gasteiger partial charge on any atom is -0.452 e. The lowest BCUT2D eigenvalue weighted by atomic mass is 9.46. The van der Waals surface area contributed by atoms with Crippen molar-refractivity contribution in [2.45, 2.75) is 89.9 Å². The van der Waals surface area contributed by atoms with Gasteiger partial charge in [-0.25, -0.2) is 4.79 Å². The van der Waals surface area contributed by atoms with Crippen LogP contribution in [0.3, 0.4) is 0 Å². The Labute approximate surface area is 232 Å². The fourth-order valence-corrected chi connectivity index (χ4v) is 8.95. The summed E-state index contributed by atoms with van der Waals surface area (Å²) in [6.07, 6.45) is 8.67. The molecule has 3 fully saturated rings. The molecule has 6 rings (SSSR count). The van der Waals surface area contributed by atoms with Gasteiger partial charge in [0.1, 0.15) is 11.7 Å². The van der Waals surface area contributed by atoms with Crippen molar-refractivity contribution in [2.75, 3.05) is 0 Å². The maximum atomic E-state index is 13.0. The third-order valence-corrected chi connectivity index (χ3v) is 11.5. The number of benzene rings is 1. The molecule has 1 heterocycles. The second kappa shape index (κ2) is 9.27. The highest BCUT2D eigenvalue weighted by molar-refractivity contribution is 9.10. The van der Waals surface area contributed by atoms with Gasteiger partial charge in [-0.15, -0.1) is 10.2 Å². The first-order valence-corrected chi connectivity index (χ1v) is 14.7. The summed E-state index contributed by atoms with van der Waals surface area (Å²) < 4.78 is 12.4. The molecule has 0 amide bonds. The Bertz CT molecular complexity index is 1260. The lowest BCUT2D eigenvalue weighted by Gasteiger charge is -2.59. The van der Waals surface area contributed by atoms with E-state index in [4.69, 9.17) is 9.15 Å². The maximum Gasteiger partial charge on any atom is 0.396 e. The molecule has 1 aromatic heterocycles. The molecular formula is C30H37BrN2O5. The summed E-state index contributed by atoms with van der Waals surface area (Å²) in [5.41, 5.74) is 0.827. The number of nitrogens with zero attached hydrogens (tertiary/aromatic N) is 2. The number of halogens is 1. The molecule has 2 aromatic rings. The summed E-state index contributed by atoms with van der Waals surface area (Å²) in [7, 11) is 0. The summed E-state index contributed by atoms with van der Waals surface area (Å²) in [5.74, 6) is 0.764. The van der Waals surface area contributed by atoms with Gasteiger partial charge in [-0.1, -0.05) is 41.4 Å². The van der Waals surface area contributed by atoms with Crippen LogP contribution in [-0.4, -0.2) is 44.2 Å². The third-order valence-electron chi connectivity index (χ3n) is 10.9. The van der Waals surface area contributed by atoms with Gasteiger partial charge in [-0.05, 0) is 106 Å². The topological polar surface area (TPSA) is 106 Å². The smallest absolute Gasteiger partial charge is 0.396 e. The molecule has 2 N–H and O–H groups in total. The van der Waals surface area contributed by atoms with Crippen molar-refractivity contribution in [3.63, 3.8) is 0 Å². The van der Waals surface area contributed by atoms with Crippen LogP contribution in [0.2, 0.25) is 0 Å². The zero-order valence-corrected chi connectivity index (χ0v) is 23.9. The van der Waals surface area contributed by atoms with Crippen molar-refractivity contribution in [1.29, 1.82) is 0 Å². The van der Waals surface area contributed by atoms with Crippen LogP contribution in [0.15, 0.2) is 44.8 Å². The van der Waals surface area contributed by atoms with Crippen LogP contribution in [0.1, 0.15) is 82.8 Å². The van der Waals surface area contributed by atoms with E-state index in [0.717, 1.165) is 49.4 Å². The molecule has 8 heteroatoms. The second-order valence-electron chi connectivity index (χ2n) is 12.5. The van der Waals surface area contributed by atoms with E-state index < -0.39 is 17.7 Å². The predicted molar refractivity (Wildman–Crippen MR) is 145 cm³/mol. The number of aliphatic hydroxyl groups is 2. The van der Waals surface area contributed by atoms with Gasteiger partial charge < -0.3 is 19.4 Å². The molecule has 0 radical (unpaired) electrons. The Morgan fingerprint density at radius 2 is 1.84 bits per heavy atom. The molecule has 4 aliphatic carbocycles. The summed E-state index contributed by atoms with van der Waals surface area (Å²) in [5, 5.41) is 30.3. The molecule has 0 aliphatic heterocycles. The van der Waals surface area contributed by atoms with Gasteiger partial charge in [-0.2, -0.15) is 0 Å². The molecule has 0 saturated heterocycles. The Kier molecular flexibility index (Phi) is 6.39. The Morgan fingerprint density at radius 3 is 2.61 bits per heavy atom. The van der Waals surface area contributed by atoms with Gasteiger partial charge in [0.05, 0.1) is 6.10 Å². The maximum absolute atomic E-state index is 13.0. The Balaban J connectivity index is 1.19. The van der Waals surface area contributed by atoms with Gasteiger partial charge in [-0.3, -0.25) is 0 Å². The number of carbonyl (C=O) groups is 1. The molecule has 4 aliphatic rings. The zero-order valence-electron chi connectivity index (χ0n) is 22.3. The van der Waals surface area contributed by atoms with Crippen molar-refractivity contribution >= 4 is 21.9 Å². The standard InChI is InChI=1S/C30H37BrN2O5/c1-17(37-27(35)26-33-32-25(38-26)18-4-7-20(31)8-5-18)30(36)15-12-24-22-9-6-19-16-21(34)10-13-28(19,2)23(22)11-14-29(24,30)3/h4-8,17,21-24,34,36H,9-16H2,1-3H3/t17-,21-,22+,23-,24-,28-,29-,30-/m0/s1. The van der Waals surface area contributed by atoms with Gasteiger partial charge >= 0.3 is 11.9 Å². The minimum atomic E-state index is -1.12. The van der Waals surface area contributed by atoms with Crippen LogP contribution in [0.5, 0.6) is 0 Å². The summed E-state index contributed by atoms with van der Waals surface area (Å²) in [6, 6.07) is 7.38. The molecule has 7 nitrogen and oxygen atoms in total. The van der Waals surface area contributed by atoms with Crippen LogP contribution in [-0.2, 0) is 4.74 Å². The van der Waals surface area contributed by atoms with Gasteiger partial charge in [0.25, 0.3) is 0 Å². The first-order valence-electron chi connectivity index (χ1n) is 14.0. The van der Waals surface area contributed by atoms with E-state index in [-0.39, 0.29) is 28.7 Å². The number of rotatable bonds is 4. The van der Waals surface area contributed by atoms with Crippen LogP contribution in [0, 0.1) is 28.6 Å². The molecule has 0 bridgehead atoms. The zero-order chi connectivity index (χ0) is 26.9. The average molecular weight is 586 g/mol. The van der Waals surface area contributed by atoms with Crippen molar-refractivity contribution in [2.24, 2.45) is 28.6 Å². The summed E-state index contributed by atoms with van der Waals surface area (Å²) >= 11 is 3.40. The largest absolute Gasteiger partial charge is 0.452 e. The van der Waals surface area contributed by atoms with Crippen LogP contribution >= 0.6 is 15.9 Å². The number of aliphatic hydroxyl groups excluding tert-OH is 1. The highest BCUT2D eigenvalue weighted by Gasteiger charge is 2.65. The van der Waals surface area contributed by atoms with Crippen LogP contribution in [0.25, 0.3) is 11.5 Å². The lowest BCUT2D eigenvalue weighted by molar-refractivity contribution is -0.171. The van der Waals surface area contributed by atoms with E-state index in [1.807, 2.05) is 24.3 Å². The molecular weight excluding hydrogens is 548 g/mol. The Morgan fingerprint density at radius 1 is 1.11 bits per heavy atom. The number of ether oxygens (including phenoxy) is 1. The van der Waals surface area contributed by atoms with E-state index in [1.54, 1.807) is 6.92 Å². The van der Waals surface area contributed by atoms with Gasteiger partial charge in [0, 0.05) is 15.5 Å². The van der Waals surface area contributed by atoms with E-state index in [9.17, 15) is 15.0 Å². The normalized spacial score (nSPS) is 38.9.